The normalized spacial score (nSPS) is 11.2. The summed E-state index contributed by atoms with van der Waals surface area (Å²) >= 11 is 5.97. The molecule has 0 saturated heterocycles. The zero-order chi connectivity index (χ0) is 22.7. The van der Waals surface area contributed by atoms with E-state index in [1.54, 1.807) is 62.8 Å². The molecule has 10 heteroatoms. The molecule has 3 aromatic carbocycles. The van der Waals surface area contributed by atoms with Gasteiger partial charge in [-0.2, -0.15) is 0 Å². The van der Waals surface area contributed by atoms with Crippen LogP contribution in [0.2, 0.25) is 5.02 Å². The van der Waals surface area contributed by atoms with Crippen LogP contribution in [0.5, 0.6) is 11.5 Å². The van der Waals surface area contributed by atoms with Gasteiger partial charge in [-0.1, -0.05) is 29.8 Å². The number of halogens is 1. The number of benzene rings is 3. The van der Waals surface area contributed by atoms with Gasteiger partial charge in [0.1, 0.15) is 11.5 Å². The molecular formula is C22H19ClN4O4S. The number of hydrogen-bond acceptors (Lipinski definition) is 7. The molecule has 0 saturated carbocycles. The highest BCUT2D eigenvalue weighted by Gasteiger charge is 2.19. The van der Waals surface area contributed by atoms with Crippen molar-refractivity contribution in [3.63, 3.8) is 0 Å². The quantitative estimate of drug-likeness (QED) is 0.398. The third-order valence-corrected chi connectivity index (χ3v) is 6.09. The van der Waals surface area contributed by atoms with Crippen LogP contribution in [0.4, 0.5) is 17.3 Å². The van der Waals surface area contributed by atoms with Crippen LogP contribution in [0.1, 0.15) is 0 Å². The Hall–Kier alpha value is -3.56. The monoisotopic (exact) mass is 470 g/mol. The molecule has 164 valence electrons. The molecule has 0 unspecified atom stereocenters. The third-order valence-electron chi connectivity index (χ3n) is 4.52. The maximum Gasteiger partial charge on any atom is 0.263 e. The molecular weight excluding hydrogens is 452 g/mol. The molecule has 1 aromatic heterocycles. The zero-order valence-electron chi connectivity index (χ0n) is 17.2. The van der Waals surface area contributed by atoms with Crippen LogP contribution < -0.4 is 19.5 Å². The van der Waals surface area contributed by atoms with E-state index in [2.05, 4.69) is 20.0 Å². The van der Waals surface area contributed by atoms with Gasteiger partial charge in [0, 0.05) is 28.9 Å². The molecule has 1 heterocycles. The fraction of sp³-hybridized carbons (Fsp3) is 0.0909. The van der Waals surface area contributed by atoms with Crippen LogP contribution in [-0.2, 0) is 10.0 Å². The maximum atomic E-state index is 13.0. The Bertz CT molecular complexity index is 1370. The van der Waals surface area contributed by atoms with Crippen LogP contribution in [0.3, 0.4) is 0 Å². The summed E-state index contributed by atoms with van der Waals surface area (Å²) in [6, 6.07) is 18.3. The van der Waals surface area contributed by atoms with Crippen molar-refractivity contribution in [2.75, 3.05) is 24.3 Å². The van der Waals surface area contributed by atoms with Crippen molar-refractivity contribution < 1.29 is 17.9 Å². The summed E-state index contributed by atoms with van der Waals surface area (Å²) in [7, 11) is -0.890. The highest BCUT2D eigenvalue weighted by molar-refractivity contribution is 7.92. The van der Waals surface area contributed by atoms with Crippen LogP contribution in [0.15, 0.2) is 71.6 Å². The van der Waals surface area contributed by atoms with Crippen molar-refractivity contribution in [1.82, 2.24) is 9.97 Å². The third kappa shape index (κ3) is 4.68. The number of rotatable bonds is 7. The summed E-state index contributed by atoms with van der Waals surface area (Å²) in [6.45, 7) is 0. The highest BCUT2D eigenvalue weighted by atomic mass is 35.5. The van der Waals surface area contributed by atoms with Crippen molar-refractivity contribution in [2.45, 2.75) is 4.90 Å². The van der Waals surface area contributed by atoms with Gasteiger partial charge < -0.3 is 14.8 Å². The van der Waals surface area contributed by atoms with E-state index < -0.39 is 10.0 Å². The number of sulfonamides is 1. The lowest BCUT2D eigenvalue weighted by molar-refractivity contribution is 0.395. The van der Waals surface area contributed by atoms with Crippen molar-refractivity contribution in [2.24, 2.45) is 0 Å². The van der Waals surface area contributed by atoms with E-state index in [-0.39, 0.29) is 16.5 Å². The van der Waals surface area contributed by atoms with Crippen molar-refractivity contribution >= 4 is 50.0 Å². The fourth-order valence-electron chi connectivity index (χ4n) is 3.00. The minimum atomic E-state index is -3.97. The molecule has 0 radical (unpaired) electrons. The molecule has 32 heavy (non-hydrogen) atoms. The molecule has 4 rings (SSSR count). The number of para-hydroxylation sites is 2. The second kappa shape index (κ2) is 8.89. The first-order chi connectivity index (χ1) is 15.4. The molecule has 4 aromatic rings. The topological polar surface area (TPSA) is 102 Å². The lowest BCUT2D eigenvalue weighted by Gasteiger charge is -2.15. The van der Waals surface area contributed by atoms with Crippen LogP contribution in [-0.4, -0.2) is 32.6 Å². The lowest BCUT2D eigenvalue weighted by Crippen LogP contribution is -2.16. The average molecular weight is 471 g/mol. The van der Waals surface area contributed by atoms with E-state index in [0.717, 1.165) is 0 Å². The van der Waals surface area contributed by atoms with E-state index >= 15 is 0 Å². The first-order valence-corrected chi connectivity index (χ1v) is 11.3. The van der Waals surface area contributed by atoms with E-state index in [1.807, 2.05) is 6.07 Å². The minimum Gasteiger partial charge on any atom is -0.497 e. The minimum absolute atomic E-state index is 0.00829. The first-order valence-electron chi connectivity index (χ1n) is 9.43. The second-order valence-electron chi connectivity index (χ2n) is 6.70. The molecule has 0 spiro atoms. The maximum absolute atomic E-state index is 13.0. The summed E-state index contributed by atoms with van der Waals surface area (Å²) in [6.07, 6.45) is 0. The summed E-state index contributed by atoms with van der Waals surface area (Å²) < 4.78 is 39.1. The van der Waals surface area contributed by atoms with Crippen LogP contribution >= 0.6 is 11.6 Å². The first kappa shape index (κ1) is 21.7. The van der Waals surface area contributed by atoms with Gasteiger partial charge in [0.2, 0.25) is 0 Å². The standard InChI is InChI=1S/C22H19ClN4O4S/c1-30-16-11-15(12-17(13-16)31-2)24-21-22(26-20-9-4-3-8-19(20)25-21)27-32(28,29)18-7-5-6-14(23)10-18/h3-13H,1-2H3,(H,24,25)(H,26,27). The average Bonchev–Trinajstić information content (AvgIpc) is 2.79. The zero-order valence-corrected chi connectivity index (χ0v) is 18.7. The van der Waals surface area contributed by atoms with E-state index in [1.165, 1.54) is 12.1 Å². The number of aromatic nitrogens is 2. The predicted molar refractivity (Wildman–Crippen MR) is 125 cm³/mol. The lowest BCUT2D eigenvalue weighted by atomic mass is 10.2. The van der Waals surface area contributed by atoms with Gasteiger partial charge in [-0.15, -0.1) is 0 Å². The Kier molecular flexibility index (Phi) is 6.02. The smallest absolute Gasteiger partial charge is 0.263 e. The Morgan fingerprint density at radius 1 is 0.812 bits per heavy atom. The van der Waals surface area contributed by atoms with E-state index in [0.29, 0.717) is 33.2 Å². The van der Waals surface area contributed by atoms with Gasteiger partial charge in [0.25, 0.3) is 10.0 Å². The summed E-state index contributed by atoms with van der Waals surface area (Å²) in [4.78, 5) is 9.06. The Morgan fingerprint density at radius 2 is 1.44 bits per heavy atom. The molecule has 0 fully saturated rings. The molecule has 0 atom stereocenters. The number of methoxy groups -OCH3 is 2. The molecule has 0 aliphatic heterocycles. The molecule has 0 aliphatic rings. The molecule has 2 N–H and O–H groups in total. The fourth-order valence-corrected chi connectivity index (χ4v) is 4.30. The molecule has 8 nitrogen and oxygen atoms in total. The van der Waals surface area contributed by atoms with Gasteiger partial charge in [-0.25, -0.2) is 18.4 Å². The Morgan fingerprint density at radius 3 is 2.03 bits per heavy atom. The summed E-state index contributed by atoms with van der Waals surface area (Å²) in [5, 5.41) is 3.42. The summed E-state index contributed by atoms with van der Waals surface area (Å²) in [5.74, 6) is 1.36. The van der Waals surface area contributed by atoms with Crippen molar-refractivity contribution in [1.29, 1.82) is 0 Å². The number of nitrogens with one attached hydrogen (secondary N) is 2. The number of anilines is 3. The SMILES string of the molecule is COc1cc(Nc2nc3ccccc3nc2NS(=O)(=O)c2cccc(Cl)c2)cc(OC)c1. The number of hydrogen-bond donors (Lipinski definition) is 2. The van der Waals surface area contributed by atoms with Gasteiger partial charge in [-0.05, 0) is 30.3 Å². The van der Waals surface area contributed by atoms with Gasteiger partial charge >= 0.3 is 0 Å². The Labute approximate surface area is 190 Å². The highest BCUT2D eigenvalue weighted by Crippen LogP contribution is 2.31. The molecule has 0 aliphatic carbocycles. The van der Waals surface area contributed by atoms with Crippen LogP contribution in [0, 0.1) is 0 Å². The van der Waals surface area contributed by atoms with E-state index in [4.69, 9.17) is 21.1 Å². The Balaban J connectivity index is 1.79. The molecule has 0 amide bonds. The predicted octanol–water partition coefficient (Wildman–Crippen LogP) is 4.84. The van der Waals surface area contributed by atoms with E-state index in [9.17, 15) is 8.42 Å². The molecule has 0 bridgehead atoms. The largest absolute Gasteiger partial charge is 0.497 e. The van der Waals surface area contributed by atoms with Crippen molar-refractivity contribution in [3.05, 3.63) is 71.8 Å². The summed E-state index contributed by atoms with van der Waals surface area (Å²) in [5.41, 5.74) is 1.70. The number of ether oxygens (including phenoxy) is 2. The van der Waals surface area contributed by atoms with Gasteiger partial charge in [-0.3, -0.25) is 4.72 Å². The van der Waals surface area contributed by atoms with Crippen molar-refractivity contribution in [3.8, 4) is 11.5 Å². The second-order valence-corrected chi connectivity index (χ2v) is 8.82. The number of nitrogens with zero attached hydrogens (tertiary/aromatic N) is 2. The van der Waals surface area contributed by atoms with Gasteiger partial charge in [0.05, 0.1) is 30.1 Å². The van der Waals surface area contributed by atoms with Crippen LogP contribution in [0.25, 0.3) is 11.0 Å². The van der Waals surface area contributed by atoms with Gasteiger partial charge in [0.15, 0.2) is 11.6 Å². The number of fused-ring (bicyclic) bond motifs is 1.